The van der Waals surface area contributed by atoms with Gasteiger partial charge in [0.2, 0.25) is 0 Å². The molecule has 0 amide bonds. The molecule has 1 radical (unpaired) electrons. The molecule has 0 aromatic rings. The Balaban J connectivity index is -0.0000000406. The Morgan fingerprint density at radius 1 is 1.00 bits per heavy atom. The van der Waals surface area contributed by atoms with Crippen LogP contribution in [0.4, 0.5) is 0 Å². The Bertz CT molecular complexity index is 98.1. The molecule has 0 N–H and O–H groups in total. The van der Waals surface area contributed by atoms with Gasteiger partial charge < -0.3 is 14.4 Å². The number of carbonyl (C=O) groups excluding carboxylic acids is 3. The molecular formula is C8H11MnO3-. The van der Waals surface area contributed by atoms with E-state index in [1.807, 2.05) is 32.5 Å². The summed E-state index contributed by atoms with van der Waals surface area (Å²) in [5.41, 5.74) is 0. The van der Waals surface area contributed by atoms with Crippen LogP contribution < -0.4 is 0 Å². The normalized spacial score (nSPS) is 8.33. The Kier molecular flexibility index (Phi) is 94.6. The third-order valence-electron chi connectivity index (χ3n) is 0.586. The van der Waals surface area contributed by atoms with Crippen LogP contribution in [0.2, 0.25) is 0 Å². The van der Waals surface area contributed by atoms with Crippen LogP contribution in [0.25, 0.3) is 0 Å². The SMILES string of the molecule is C=O.C=O.C=O.[C-]1=CC=CC1.[Mn]. The number of allylic oxidation sites excluding steroid dienone is 4. The maximum atomic E-state index is 8.00. The molecule has 0 atom stereocenters. The molecule has 69 valence electrons. The van der Waals surface area contributed by atoms with Crippen molar-refractivity contribution < 1.29 is 31.5 Å². The van der Waals surface area contributed by atoms with Gasteiger partial charge in [-0.25, -0.2) is 12.2 Å². The monoisotopic (exact) mass is 210 g/mol. The molecule has 1 aliphatic rings. The van der Waals surface area contributed by atoms with E-state index < -0.39 is 0 Å². The quantitative estimate of drug-likeness (QED) is 0.438. The molecule has 0 saturated carbocycles. The molecule has 12 heavy (non-hydrogen) atoms. The van der Waals surface area contributed by atoms with Gasteiger partial charge in [-0.1, -0.05) is 0 Å². The van der Waals surface area contributed by atoms with Gasteiger partial charge in [0.15, 0.2) is 0 Å². The summed E-state index contributed by atoms with van der Waals surface area (Å²) in [6.07, 6.45) is 10.0. The molecule has 0 unspecified atom stereocenters. The summed E-state index contributed by atoms with van der Waals surface area (Å²) in [6.45, 7) is 6.00. The van der Waals surface area contributed by atoms with Gasteiger partial charge in [0.05, 0.1) is 0 Å². The minimum atomic E-state index is 0. The first-order chi connectivity index (χ1) is 5.50. The van der Waals surface area contributed by atoms with Crippen molar-refractivity contribution in [2.75, 3.05) is 0 Å². The minimum Gasteiger partial charge on any atom is -0.307 e. The summed E-state index contributed by atoms with van der Waals surface area (Å²) < 4.78 is 0. The van der Waals surface area contributed by atoms with Gasteiger partial charge in [0, 0.05) is 17.1 Å². The second-order valence-corrected chi connectivity index (χ2v) is 1.00. The van der Waals surface area contributed by atoms with Crippen LogP contribution in [0.15, 0.2) is 18.2 Å². The van der Waals surface area contributed by atoms with Crippen LogP contribution >= 0.6 is 0 Å². The van der Waals surface area contributed by atoms with E-state index in [2.05, 4.69) is 12.2 Å². The second kappa shape index (κ2) is 50.5. The van der Waals surface area contributed by atoms with E-state index in [-0.39, 0.29) is 17.1 Å². The Morgan fingerprint density at radius 3 is 1.50 bits per heavy atom. The van der Waals surface area contributed by atoms with Crippen molar-refractivity contribution in [1.29, 1.82) is 0 Å². The first kappa shape index (κ1) is 22.5. The van der Waals surface area contributed by atoms with Gasteiger partial charge in [0.25, 0.3) is 0 Å². The first-order valence-electron chi connectivity index (χ1n) is 2.58. The zero-order valence-corrected chi connectivity index (χ0v) is 7.84. The second-order valence-electron chi connectivity index (χ2n) is 1.00. The summed E-state index contributed by atoms with van der Waals surface area (Å²) in [5, 5.41) is 0. The first-order valence-corrected chi connectivity index (χ1v) is 2.58. The predicted molar refractivity (Wildman–Crippen MR) is 42.9 cm³/mol. The van der Waals surface area contributed by atoms with Crippen molar-refractivity contribution in [3.05, 3.63) is 24.3 Å². The number of rotatable bonds is 0. The van der Waals surface area contributed by atoms with Crippen LogP contribution in [-0.4, -0.2) is 20.4 Å². The summed E-state index contributed by atoms with van der Waals surface area (Å²) in [5.74, 6) is 0. The molecule has 0 spiro atoms. The summed E-state index contributed by atoms with van der Waals surface area (Å²) in [4.78, 5) is 24.0. The van der Waals surface area contributed by atoms with Crippen LogP contribution in [0.5, 0.6) is 0 Å². The molecular weight excluding hydrogens is 199 g/mol. The van der Waals surface area contributed by atoms with E-state index in [9.17, 15) is 0 Å². The van der Waals surface area contributed by atoms with Crippen molar-refractivity contribution in [2.24, 2.45) is 0 Å². The van der Waals surface area contributed by atoms with Gasteiger partial charge >= 0.3 is 0 Å². The minimum absolute atomic E-state index is 0. The molecule has 0 fully saturated rings. The predicted octanol–water partition coefficient (Wildman–Crippen LogP) is 0.748. The van der Waals surface area contributed by atoms with Crippen molar-refractivity contribution in [2.45, 2.75) is 6.42 Å². The van der Waals surface area contributed by atoms with Gasteiger partial charge in [-0.15, -0.1) is 6.42 Å². The fourth-order valence-corrected chi connectivity index (χ4v) is 0.340. The molecule has 0 bridgehead atoms. The molecule has 0 aromatic carbocycles. The maximum absolute atomic E-state index is 8.00. The van der Waals surface area contributed by atoms with Gasteiger partial charge in [-0.05, 0) is 0 Å². The van der Waals surface area contributed by atoms with Crippen LogP contribution in [0.3, 0.4) is 0 Å². The fourth-order valence-electron chi connectivity index (χ4n) is 0.340. The van der Waals surface area contributed by atoms with E-state index in [4.69, 9.17) is 14.4 Å². The van der Waals surface area contributed by atoms with Gasteiger partial charge in [-0.3, -0.25) is 6.08 Å². The van der Waals surface area contributed by atoms with E-state index in [0.29, 0.717) is 0 Å². The van der Waals surface area contributed by atoms with Gasteiger partial charge in [-0.2, -0.15) is 6.08 Å². The topological polar surface area (TPSA) is 51.2 Å². The zero-order valence-electron chi connectivity index (χ0n) is 6.66. The Morgan fingerprint density at radius 2 is 1.42 bits per heavy atom. The smallest absolute Gasteiger partial charge is 0.106 e. The van der Waals surface area contributed by atoms with E-state index >= 15 is 0 Å². The summed E-state index contributed by atoms with van der Waals surface area (Å²) in [7, 11) is 0. The third kappa shape index (κ3) is 36.0. The van der Waals surface area contributed by atoms with Crippen LogP contribution in [-0.2, 0) is 31.5 Å². The summed E-state index contributed by atoms with van der Waals surface area (Å²) in [6, 6.07) is 0. The molecule has 0 aromatic heterocycles. The van der Waals surface area contributed by atoms with E-state index in [1.165, 1.54) is 0 Å². The number of hydrogen-bond acceptors (Lipinski definition) is 3. The average Bonchev–Trinajstić information content (AvgIpc) is 2.71. The Labute approximate surface area is 83.0 Å². The zero-order chi connectivity index (χ0) is 9.54. The molecule has 0 heterocycles. The van der Waals surface area contributed by atoms with Crippen molar-refractivity contribution in [1.82, 2.24) is 0 Å². The molecule has 1 rings (SSSR count). The van der Waals surface area contributed by atoms with Crippen molar-refractivity contribution >= 4 is 20.4 Å². The van der Waals surface area contributed by atoms with Gasteiger partial charge in [0.1, 0.15) is 20.4 Å². The van der Waals surface area contributed by atoms with Crippen LogP contribution in [0, 0.1) is 6.08 Å². The van der Waals surface area contributed by atoms with E-state index in [0.717, 1.165) is 6.42 Å². The molecule has 0 aliphatic heterocycles. The fraction of sp³-hybridized carbons (Fsp3) is 0.125. The maximum Gasteiger partial charge on any atom is 0.106 e. The molecule has 3 nitrogen and oxygen atoms in total. The van der Waals surface area contributed by atoms with E-state index in [1.54, 1.807) is 0 Å². The Hall–Kier alpha value is -0.991. The molecule has 0 saturated heterocycles. The van der Waals surface area contributed by atoms with Crippen molar-refractivity contribution in [3.63, 3.8) is 0 Å². The average molecular weight is 210 g/mol. The van der Waals surface area contributed by atoms with Crippen molar-refractivity contribution in [3.8, 4) is 0 Å². The third-order valence-corrected chi connectivity index (χ3v) is 0.586. The van der Waals surface area contributed by atoms with Crippen LogP contribution in [0.1, 0.15) is 6.42 Å². The standard InChI is InChI=1S/C5H5.3CH2O.Mn/c1-2-4-5-3-1;3*1-2;/h1-3H,4H2;3*1H2;/q-1;;;;. The molecule has 4 heteroatoms. The molecule has 1 aliphatic carbocycles. The largest absolute Gasteiger partial charge is 0.307 e. The number of hydrogen-bond donors (Lipinski definition) is 0. The summed E-state index contributed by atoms with van der Waals surface area (Å²) >= 11 is 0. The number of carbonyl (C=O) groups is 3.